The molecule has 0 aliphatic carbocycles. The highest BCUT2D eigenvalue weighted by atomic mass is 35.5. The maximum Gasteiger partial charge on any atom is 0.354 e. The van der Waals surface area contributed by atoms with Crippen molar-refractivity contribution in [3.05, 3.63) is 28.2 Å². The number of anilines is 1. The van der Waals surface area contributed by atoms with Crippen molar-refractivity contribution < 1.29 is 19.4 Å². The highest BCUT2D eigenvalue weighted by molar-refractivity contribution is 6.42. The number of carboxylic acid groups (broad SMARTS) is 1. The van der Waals surface area contributed by atoms with E-state index < -0.39 is 18.0 Å². The minimum atomic E-state index is -1.09. The molecule has 0 unspecified atom stereocenters. The van der Waals surface area contributed by atoms with E-state index in [9.17, 15) is 14.7 Å². The van der Waals surface area contributed by atoms with E-state index in [1.165, 1.54) is 17.1 Å². The SMILES string of the molecule is CCOC(=O)C1=NN(c2ccc(Cl)c(Cl)c2)[C@H](C(=O)O)C1. The number of carbonyl (C=O) groups is 2. The van der Waals surface area contributed by atoms with E-state index in [0.29, 0.717) is 10.7 Å². The van der Waals surface area contributed by atoms with Crippen molar-refractivity contribution in [3.8, 4) is 0 Å². The van der Waals surface area contributed by atoms with E-state index in [0.717, 1.165) is 0 Å². The van der Waals surface area contributed by atoms with Gasteiger partial charge in [0.2, 0.25) is 0 Å². The van der Waals surface area contributed by atoms with E-state index in [1.54, 1.807) is 13.0 Å². The molecule has 0 saturated heterocycles. The Morgan fingerprint density at radius 3 is 2.71 bits per heavy atom. The van der Waals surface area contributed by atoms with E-state index in [-0.39, 0.29) is 23.8 Å². The predicted molar refractivity (Wildman–Crippen MR) is 79.0 cm³/mol. The average Bonchev–Trinajstić information content (AvgIpc) is 2.87. The van der Waals surface area contributed by atoms with Crippen LogP contribution in [0.25, 0.3) is 0 Å². The second kappa shape index (κ2) is 6.32. The van der Waals surface area contributed by atoms with Crippen LogP contribution < -0.4 is 5.01 Å². The fourth-order valence-electron chi connectivity index (χ4n) is 1.91. The molecule has 112 valence electrons. The molecule has 1 aromatic carbocycles. The van der Waals surface area contributed by atoms with Crippen molar-refractivity contribution in [2.24, 2.45) is 5.10 Å². The van der Waals surface area contributed by atoms with Gasteiger partial charge in [-0.05, 0) is 25.1 Å². The highest BCUT2D eigenvalue weighted by Gasteiger charge is 2.36. The quantitative estimate of drug-likeness (QED) is 0.858. The van der Waals surface area contributed by atoms with Crippen LogP contribution in [-0.4, -0.2) is 35.4 Å². The molecule has 0 saturated carbocycles. The standard InChI is InChI=1S/C13H12Cl2N2O4/c1-2-21-13(20)10-6-11(12(18)19)17(16-10)7-3-4-8(14)9(15)5-7/h3-5,11H,2,6H2,1H3,(H,18,19)/t11-/m0/s1. The lowest BCUT2D eigenvalue weighted by atomic mass is 10.1. The van der Waals surface area contributed by atoms with E-state index in [4.69, 9.17) is 27.9 Å². The third-order valence-corrected chi connectivity index (χ3v) is 3.61. The van der Waals surface area contributed by atoms with Gasteiger partial charge in [0.25, 0.3) is 0 Å². The zero-order valence-corrected chi connectivity index (χ0v) is 12.6. The molecule has 0 amide bonds. The van der Waals surface area contributed by atoms with Crippen molar-refractivity contribution >= 4 is 46.5 Å². The molecule has 0 spiro atoms. The van der Waals surface area contributed by atoms with Gasteiger partial charge >= 0.3 is 11.9 Å². The van der Waals surface area contributed by atoms with Crippen molar-refractivity contribution in [2.75, 3.05) is 11.6 Å². The molecule has 2 rings (SSSR count). The van der Waals surface area contributed by atoms with Crippen LogP contribution >= 0.6 is 23.2 Å². The Hall–Kier alpha value is -1.79. The minimum absolute atomic E-state index is 0.0333. The number of carboxylic acids is 1. The molecule has 6 nitrogen and oxygen atoms in total. The summed E-state index contributed by atoms with van der Waals surface area (Å²) in [6, 6.07) is 3.64. The number of halogens is 2. The first-order valence-corrected chi connectivity index (χ1v) is 6.91. The molecule has 1 atom stereocenters. The first-order chi connectivity index (χ1) is 9.93. The summed E-state index contributed by atoms with van der Waals surface area (Å²) in [6.45, 7) is 1.86. The molecule has 21 heavy (non-hydrogen) atoms. The molecule has 1 heterocycles. The lowest BCUT2D eigenvalue weighted by Crippen LogP contribution is -2.34. The summed E-state index contributed by atoms with van der Waals surface area (Å²) in [7, 11) is 0. The van der Waals surface area contributed by atoms with Crippen molar-refractivity contribution in [1.82, 2.24) is 0 Å². The number of rotatable bonds is 4. The zero-order valence-electron chi connectivity index (χ0n) is 11.0. The summed E-state index contributed by atoms with van der Waals surface area (Å²) in [5.41, 5.74) is 0.506. The first-order valence-electron chi connectivity index (χ1n) is 6.15. The topological polar surface area (TPSA) is 79.2 Å². The summed E-state index contributed by atoms with van der Waals surface area (Å²) in [5, 5.41) is 15.2. The number of benzene rings is 1. The first kappa shape index (κ1) is 15.6. The summed E-state index contributed by atoms with van der Waals surface area (Å²) in [6.07, 6.45) is -0.0333. The van der Waals surface area contributed by atoms with Crippen LogP contribution in [-0.2, 0) is 14.3 Å². The van der Waals surface area contributed by atoms with Crippen LogP contribution in [0.4, 0.5) is 5.69 Å². The lowest BCUT2D eigenvalue weighted by molar-refractivity contribution is -0.138. The summed E-state index contributed by atoms with van der Waals surface area (Å²) < 4.78 is 4.84. The number of aliphatic carboxylic acids is 1. The summed E-state index contributed by atoms with van der Waals surface area (Å²) in [4.78, 5) is 23.0. The molecular weight excluding hydrogens is 319 g/mol. The smallest absolute Gasteiger partial charge is 0.354 e. The Balaban J connectivity index is 2.35. The number of esters is 1. The van der Waals surface area contributed by atoms with Gasteiger partial charge in [-0.15, -0.1) is 0 Å². The molecule has 0 aromatic heterocycles. The highest BCUT2D eigenvalue weighted by Crippen LogP contribution is 2.31. The van der Waals surface area contributed by atoms with Gasteiger partial charge in [0.05, 0.1) is 22.3 Å². The number of hydrazone groups is 1. The Morgan fingerprint density at radius 2 is 2.14 bits per heavy atom. The van der Waals surface area contributed by atoms with E-state index in [2.05, 4.69) is 5.10 Å². The van der Waals surface area contributed by atoms with Crippen molar-refractivity contribution in [3.63, 3.8) is 0 Å². The lowest BCUT2D eigenvalue weighted by Gasteiger charge is -2.20. The molecule has 0 radical (unpaired) electrons. The van der Waals surface area contributed by atoms with Crippen LogP contribution in [0, 0.1) is 0 Å². The van der Waals surface area contributed by atoms with Gasteiger partial charge in [0.1, 0.15) is 5.71 Å². The van der Waals surface area contributed by atoms with Gasteiger partial charge in [-0.25, -0.2) is 9.59 Å². The number of nitrogens with zero attached hydrogens (tertiary/aromatic N) is 2. The van der Waals surface area contributed by atoms with Gasteiger partial charge in [-0.2, -0.15) is 5.10 Å². The average molecular weight is 331 g/mol. The van der Waals surface area contributed by atoms with Gasteiger partial charge in [0.15, 0.2) is 6.04 Å². The fourth-order valence-corrected chi connectivity index (χ4v) is 2.20. The number of carbonyl (C=O) groups excluding carboxylic acids is 1. The van der Waals surface area contributed by atoms with Gasteiger partial charge in [-0.1, -0.05) is 23.2 Å². The molecule has 0 fully saturated rings. The van der Waals surface area contributed by atoms with E-state index in [1.807, 2.05) is 0 Å². The molecule has 0 bridgehead atoms. The van der Waals surface area contributed by atoms with Gasteiger partial charge < -0.3 is 9.84 Å². The Labute approximate surface area is 130 Å². The predicted octanol–water partition coefficient (Wildman–Crippen LogP) is 2.58. The number of hydrogen-bond donors (Lipinski definition) is 1. The summed E-state index contributed by atoms with van der Waals surface area (Å²) in [5.74, 6) is -1.71. The van der Waals surface area contributed by atoms with Crippen LogP contribution in [0.3, 0.4) is 0 Å². The molecular formula is C13H12Cl2N2O4. The van der Waals surface area contributed by atoms with E-state index >= 15 is 0 Å². The summed E-state index contributed by atoms with van der Waals surface area (Å²) >= 11 is 11.8. The van der Waals surface area contributed by atoms with Crippen molar-refractivity contribution in [2.45, 2.75) is 19.4 Å². The number of hydrogen-bond acceptors (Lipinski definition) is 5. The number of ether oxygens (including phenoxy) is 1. The van der Waals surface area contributed by atoms with Crippen LogP contribution in [0.2, 0.25) is 10.0 Å². The fraction of sp³-hybridized carbons (Fsp3) is 0.308. The second-order valence-corrected chi connectivity index (χ2v) is 5.08. The molecule has 1 aromatic rings. The molecule has 1 aliphatic heterocycles. The monoisotopic (exact) mass is 330 g/mol. The Kier molecular flexibility index (Phi) is 4.69. The third-order valence-electron chi connectivity index (χ3n) is 2.87. The van der Waals surface area contributed by atoms with Gasteiger partial charge in [-0.3, -0.25) is 5.01 Å². The Bertz CT molecular complexity index is 618. The molecule has 1 N–H and O–H groups in total. The maximum absolute atomic E-state index is 11.7. The second-order valence-electron chi connectivity index (χ2n) is 4.27. The third kappa shape index (κ3) is 3.28. The normalized spacial score (nSPS) is 17.6. The van der Waals surface area contributed by atoms with Crippen LogP contribution in [0.5, 0.6) is 0 Å². The van der Waals surface area contributed by atoms with Crippen LogP contribution in [0.15, 0.2) is 23.3 Å². The molecule has 1 aliphatic rings. The van der Waals surface area contributed by atoms with Crippen LogP contribution in [0.1, 0.15) is 13.3 Å². The maximum atomic E-state index is 11.7. The zero-order chi connectivity index (χ0) is 15.6. The minimum Gasteiger partial charge on any atom is -0.480 e. The molecule has 8 heteroatoms. The Morgan fingerprint density at radius 1 is 1.43 bits per heavy atom. The van der Waals surface area contributed by atoms with Crippen molar-refractivity contribution in [1.29, 1.82) is 0 Å². The largest absolute Gasteiger partial charge is 0.480 e. The van der Waals surface area contributed by atoms with Gasteiger partial charge in [0, 0.05) is 6.42 Å².